The van der Waals surface area contributed by atoms with Gasteiger partial charge in [0.2, 0.25) is 5.88 Å². The molecule has 0 unspecified atom stereocenters. The predicted octanol–water partition coefficient (Wildman–Crippen LogP) is 2.65. The van der Waals surface area contributed by atoms with Gasteiger partial charge in [0.15, 0.2) is 0 Å². The number of pyridine rings is 1. The number of morpholine rings is 1. The van der Waals surface area contributed by atoms with Crippen LogP contribution in [0.2, 0.25) is 5.02 Å². The number of aromatic nitrogens is 1. The summed E-state index contributed by atoms with van der Waals surface area (Å²) in [7, 11) is 0. The third kappa shape index (κ3) is 5.40. The van der Waals surface area contributed by atoms with Gasteiger partial charge in [-0.15, -0.1) is 0 Å². The van der Waals surface area contributed by atoms with E-state index in [0.717, 1.165) is 64.5 Å². The van der Waals surface area contributed by atoms with Crippen molar-refractivity contribution in [3.63, 3.8) is 0 Å². The average Bonchev–Trinajstić information content (AvgIpc) is 2.58. The molecule has 0 amide bonds. The lowest BCUT2D eigenvalue weighted by molar-refractivity contribution is 0.0320. The van der Waals surface area contributed by atoms with E-state index in [1.54, 1.807) is 0 Å². The Hall–Kier alpha value is -1.24. The van der Waals surface area contributed by atoms with Crippen LogP contribution in [0.1, 0.15) is 26.7 Å². The van der Waals surface area contributed by atoms with Gasteiger partial charge in [-0.25, -0.2) is 0 Å². The number of nitrogen functional groups attached to an aromatic ring is 1. The van der Waals surface area contributed by atoms with E-state index in [-0.39, 0.29) is 0 Å². The minimum absolute atomic E-state index is 0.428. The number of anilines is 2. The predicted molar refractivity (Wildman–Crippen MR) is 99.2 cm³/mol. The second kappa shape index (κ2) is 9.91. The molecule has 0 aliphatic carbocycles. The third-order valence-electron chi connectivity index (χ3n) is 4.01. The SMILES string of the molecule is CCCN(CCC)c1cc(N)nc(OCCN2CCOCC2)c1Cl. The molecule has 0 spiro atoms. The van der Waals surface area contributed by atoms with Gasteiger partial charge in [0.25, 0.3) is 0 Å². The zero-order valence-electron chi connectivity index (χ0n) is 14.8. The molecule has 24 heavy (non-hydrogen) atoms. The van der Waals surface area contributed by atoms with Crippen molar-refractivity contribution in [2.45, 2.75) is 26.7 Å². The molecule has 1 saturated heterocycles. The minimum atomic E-state index is 0.428. The van der Waals surface area contributed by atoms with Gasteiger partial charge in [0.1, 0.15) is 17.4 Å². The number of hydrogen-bond donors (Lipinski definition) is 1. The van der Waals surface area contributed by atoms with Crippen molar-refractivity contribution in [2.24, 2.45) is 0 Å². The molecule has 1 aromatic rings. The van der Waals surface area contributed by atoms with Gasteiger partial charge < -0.3 is 20.1 Å². The zero-order chi connectivity index (χ0) is 17.4. The summed E-state index contributed by atoms with van der Waals surface area (Å²) in [5, 5.41) is 0.549. The number of nitrogens with zero attached hydrogens (tertiary/aromatic N) is 3. The smallest absolute Gasteiger partial charge is 0.236 e. The summed E-state index contributed by atoms with van der Waals surface area (Å²) in [5.41, 5.74) is 6.88. The number of nitrogens with two attached hydrogens (primary N) is 1. The van der Waals surface area contributed by atoms with E-state index in [1.807, 2.05) is 6.07 Å². The molecule has 6 nitrogen and oxygen atoms in total. The Balaban J connectivity index is 2.03. The van der Waals surface area contributed by atoms with Crippen molar-refractivity contribution in [2.75, 3.05) is 63.2 Å². The Morgan fingerprint density at radius 1 is 1.29 bits per heavy atom. The van der Waals surface area contributed by atoms with Gasteiger partial charge >= 0.3 is 0 Å². The van der Waals surface area contributed by atoms with Crippen LogP contribution in [-0.2, 0) is 4.74 Å². The average molecular weight is 357 g/mol. The standard InChI is InChI=1S/C17H29ClN4O2/c1-3-5-22(6-4-2)14-13-15(19)20-17(16(14)18)24-12-9-21-7-10-23-11-8-21/h13H,3-12H2,1-2H3,(H2,19,20). The molecular weight excluding hydrogens is 328 g/mol. The molecule has 1 fully saturated rings. The Morgan fingerprint density at radius 3 is 2.58 bits per heavy atom. The molecule has 1 aromatic heterocycles. The first kappa shape index (κ1) is 19.1. The monoisotopic (exact) mass is 356 g/mol. The fraction of sp³-hybridized carbons (Fsp3) is 0.706. The van der Waals surface area contributed by atoms with E-state index in [1.165, 1.54) is 0 Å². The summed E-state index contributed by atoms with van der Waals surface area (Å²) in [5.74, 6) is 0.866. The first-order valence-electron chi connectivity index (χ1n) is 8.79. The summed E-state index contributed by atoms with van der Waals surface area (Å²) < 4.78 is 11.2. The highest BCUT2D eigenvalue weighted by Gasteiger charge is 2.17. The quantitative estimate of drug-likeness (QED) is 0.733. The van der Waals surface area contributed by atoms with Crippen LogP contribution in [0.15, 0.2) is 6.07 Å². The van der Waals surface area contributed by atoms with E-state index < -0.39 is 0 Å². The van der Waals surface area contributed by atoms with Gasteiger partial charge in [-0.3, -0.25) is 4.90 Å². The normalized spacial score (nSPS) is 15.5. The maximum Gasteiger partial charge on any atom is 0.236 e. The zero-order valence-corrected chi connectivity index (χ0v) is 15.5. The van der Waals surface area contributed by atoms with Gasteiger partial charge in [-0.1, -0.05) is 25.4 Å². The molecule has 0 bridgehead atoms. The fourth-order valence-electron chi connectivity index (χ4n) is 2.83. The van der Waals surface area contributed by atoms with Crippen LogP contribution in [0.25, 0.3) is 0 Å². The van der Waals surface area contributed by atoms with E-state index in [9.17, 15) is 0 Å². The Bertz CT molecular complexity index is 504. The molecule has 1 aliphatic rings. The second-order valence-electron chi connectivity index (χ2n) is 5.97. The van der Waals surface area contributed by atoms with Gasteiger partial charge in [0.05, 0.1) is 18.9 Å². The molecule has 0 saturated carbocycles. The topological polar surface area (TPSA) is 63.8 Å². The van der Waals surface area contributed by atoms with Crippen LogP contribution in [0.5, 0.6) is 5.88 Å². The van der Waals surface area contributed by atoms with Crippen molar-refractivity contribution >= 4 is 23.1 Å². The molecule has 2 heterocycles. The molecule has 2 N–H and O–H groups in total. The number of rotatable bonds is 9. The van der Waals surface area contributed by atoms with Gasteiger partial charge in [-0.05, 0) is 12.8 Å². The van der Waals surface area contributed by atoms with Crippen molar-refractivity contribution in [3.05, 3.63) is 11.1 Å². The Labute approximate surface area is 149 Å². The Kier molecular flexibility index (Phi) is 7.88. The van der Waals surface area contributed by atoms with E-state index in [4.69, 9.17) is 26.8 Å². The summed E-state index contributed by atoms with van der Waals surface area (Å²) in [4.78, 5) is 8.83. The van der Waals surface area contributed by atoms with Crippen LogP contribution in [0, 0.1) is 0 Å². The molecular formula is C17H29ClN4O2. The van der Waals surface area contributed by atoms with Crippen molar-refractivity contribution in [1.29, 1.82) is 0 Å². The van der Waals surface area contributed by atoms with Crippen LogP contribution in [0.4, 0.5) is 11.5 Å². The van der Waals surface area contributed by atoms with Crippen molar-refractivity contribution < 1.29 is 9.47 Å². The first-order valence-corrected chi connectivity index (χ1v) is 9.17. The Morgan fingerprint density at radius 2 is 1.96 bits per heavy atom. The highest BCUT2D eigenvalue weighted by Crippen LogP contribution is 2.35. The van der Waals surface area contributed by atoms with E-state index in [0.29, 0.717) is 23.3 Å². The largest absolute Gasteiger partial charge is 0.475 e. The highest BCUT2D eigenvalue weighted by molar-refractivity contribution is 6.34. The molecule has 7 heteroatoms. The summed E-state index contributed by atoms with van der Waals surface area (Å²) in [6.45, 7) is 11.0. The van der Waals surface area contributed by atoms with Crippen LogP contribution in [0.3, 0.4) is 0 Å². The van der Waals surface area contributed by atoms with Crippen molar-refractivity contribution in [3.8, 4) is 5.88 Å². The maximum atomic E-state index is 6.55. The number of ether oxygens (including phenoxy) is 2. The lowest BCUT2D eigenvalue weighted by atomic mass is 10.2. The maximum absolute atomic E-state index is 6.55. The number of hydrogen-bond acceptors (Lipinski definition) is 6. The van der Waals surface area contributed by atoms with Gasteiger partial charge in [-0.2, -0.15) is 4.98 Å². The molecule has 2 rings (SSSR count). The number of halogens is 1. The van der Waals surface area contributed by atoms with Crippen LogP contribution >= 0.6 is 11.6 Å². The fourth-order valence-corrected chi connectivity index (χ4v) is 3.10. The molecule has 1 aliphatic heterocycles. The van der Waals surface area contributed by atoms with Crippen LogP contribution in [-0.4, -0.2) is 62.4 Å². The third-order valence-corrected chi connectivity index (χ3v) is 4.36. The summed E-state index contributed by atoms with van der Waals surface area (Å²) in [6, 6.07) is 1.84. The molecule has 0 aromatic carbocycles. The van der Waals surface area contributed by atoms with E-state index in [2.05, 4.69) is 28.6 Å². The molecule has 0 radical (unpaired) electrons. The minimum Gasteiger partial charge on any atom is -0.475 e. The molecule has 0 atom stereocenters. The molecule has 136 valence electrons. The van der Waals surface area contributed by atoms with Crippen molar-refractivity contribution in [1.82, 2.24) is 9.88 Å². The summed E-state index contributed by atoms with van der Waals surface area (Å²) >= 11 is 6.55. The van der Waals surface area contributed by atoms with E-state index >= 15 is 0 Å². The lowest BCUT2D eigenvalue weighted by Crippen LogP contribution is -2.38. The van der Waals surface area contributed by atoms with Gasteiger partial charge in [0, 0.05) is 38.8 Å². The highest BCUT2D eigenvalue weighted by atomic mass is 35.5. The summed E-state index contributed by atoms with van der Waals surface area (Å²) in [6.07, 6.45) is 2.09. The second-order valence-corrected chi connectivity index (χ2v) is 6.35. The first-order chi connectivity index (χ1) is 11.7. The lowest BCUT2D eigenvalue weighted by Gasteiger charge is -2.27. The van der Waals surface area contributed by atoms with Crippen LogP contribution < -0.4 is 15.4 Å².